The normalized spacial score (nSPS) is 18.2. The van der Waals surface area contributed by atoms with Gasteiger partial charge in [-0.25, -0.2) is 17.6 Å². The van der Waals surface area contributed by atoms with Gasteiger partial charge >= 0.3 is 6.09 Å². The van der Waals surface area contributed by atoms with Crippen molar-refractivity contribution in [2.75, 3.05) is 24.2 Å². The van der Waals surface area contributed by atoms with Gasteiger partial charge < -0.3 is 10.1 Å². The lowest BCUT2D eigenvalue weighted by Gasteiger charge is -2.14. The number of sulfone groups is 1. The number of nitrogens with one attached hydrogen (secondary N) is 1. The topological polar surface area (TPSA) is 92.8 Å². The van der Waals surface area contributed by atoms with Crippen LogP contribution in [0.2, 0.25) is 0 Å². The van der Waals surface area contributed by atoms with Crippen LogP contribution >= 0.6 is 0 Å². The molecule has 0 bridgehead atoms. The number of halogens is 1. The van der Waals surface area contributed by atoms with Crippen molar-refractivity contribution in [1.29, 1.82) is 0 Å². The van der Waals surface area contributed by atoms with Crippen LogP contribution in [0.3, 0.4) is 0 Å². The van der Waals surface area contributed by atoms with E-state index in [0.717, 1.165) is 18.4 Å². The van der Waals surface area contributed by atoms with E-state index in [4.69, 9.17) is 4.74 Å². The molecule has 0 aromatic heterocycles. The fourth-order valence-electron chi connectivity index (χ4n) is 2.05. The molecule has 1 fully saturated rings. The van der Waals surface area contributed by atoms with Crippen molar-refractivity contribution in [3.8, 4) is 0 Å². The maximum Gasteiger partial charge on any atom is 0.414 e. The van der Waals surface area contributed by atoms with E-state index in [1.54, 1.807) is 0 Å². The number of carbonyl (C=O) groups is 2. The van der Waals surface area contributed by atoms with Gasteiger partial charge in [-0.3, -0.25) is 9.69 Å². The second-order valence-electron chi connectivity index (χ2n) is 4.94. The molecule has 2 amide bonds. The second kappa shape index (κ2) is 5.91. The summed E-state index contributed by atoms with van der Waals surface area (Å²) in [5, 5.41) is 2.52. The van der Waals surface area contributed by atoms with Crippen molar-refractivity contribution in [3.63, 3.8) is 0 Å². The summed E-state index contributed by atoms with van der Waals surface area (Å²) in [6, 6.07) is 3.41. The van der Waals surface area contributed by atoms with Crippen LogP contribution in [0.15, 0.2) is 23.1 Å². The molecule has 120 valence electrons. The molecule has 7 nitrogen and oxygen atoms in total. The number of hydrogen-bond donors (Lipinski definition) is 1. The molecule has 22 heavy (non-hydrogen) atoms. The number of anilines is 1. The molecule has 1 heterocycles. The maximum absolute atomic E-state index is 13.9. The molecule has 1 aliphatic heterocycles. The molecule has 0 aliphatic carbocycles. The molecule has 1 aliphatic rings. The van der Waals surface area contributed by atoms with E-state index in [1.807, 2.05) is 0 Å². The summed E-state index contributed by atoms with van der Waals surface area (Å²) in [7, 11) is -3.67. The van der Waals surface area contributed by atoms with Crippen LogP contribution < -0.4 is 10.2 Å². The zero-order chi connectivity index (χ0) is 16.5. The Balaban J connectivity index is 2.17. The first-order valence-electron chi connectivity index (χ1n) is 6.40. The van der Waals surface area contributed by atoms with E-state index in [1.165, 1.54) is 17.9 Å². The van der Waals surface area contributed by atoms with Crippen LogP contribution in [-0.4, -0.2) is 45.9 Å². The quantitative estimate of drug-likeness (QED) is 0.877. The lowest BCUT2D eigenvalue weighted by atomic mass is 10.2. The van der Waals surface area contributed by atoms with Gasteiger partial charge in [0.2, 0.25) is 5.91 Å². The van der Waals surface area contributed by atoms with Gasteiger partial charge in [0.15, 0.2) is 9.84 Å². The van der Waals surface area contributed by atoms with E-state index in [0.29, 0.717) is 0 Å². The van der Waals surface area contributed by atoms with Crippen LogP contribution in [-0.2, 0) is 19.4 Å². The standard InChI is InChI=1S/C13H15FN2O5S/c1-8(17)15-6-10-7-16(13(18)21-10)9-3-4-12(11(14)5-9)22(2,19)20/h3-5,10H,6-7H2,1-2H3,(H,15,17)/t10-/m0/s1. The summed E-state index contributed by atoms with van der Waals surface area (Å²) in [4.78, 5) is 23.4. The zero-order valence-electron chi connectivity index (χ0n) is 12.0. The Kier molecular flexibility index (Phi) is 4.36. The third-order valence-corrected chi connectivity index (χ3v) is 4.21. The predicted molar refractivity (Wildman–Crippen MR) is 75.8 cm³/mol. The third kappa shape index (κ3) is 3.53. The number of amides is 2. The molecule has 1 atom stereocenters. The first-order valence-corrected chi connectivity index (χ1v) is 8.30. The fraction of sp³-hybridized carbons (Fsp3) is 0.385. The lowest BCUT2D eigenvalue weighted by molar-refractivity contribution is -0.119. The van der Waals surface area contributed by atoms with Crippen molar-refractivity contribution >= 4 is 27.5 Å². The van der Waals surface area contributed by atoms with Gasteiger partial charge in [0.1, 0.15) is 16.8 Å². The van der Waals surface area contributed by atoms with Crippen LogP contribution in [0.5, 0.6) is 0 Å². The largest absolute Gasteiger partial charge is 0.442 e. The van der Waals surface area contributed by atoms with Gasteiger partial charge in [-0.2, -0.15) is 0 Å². The van der Waals surface area contributed by atoms with Gasteiger partial charge in [-0.05, 0) is 18.2 Å². The molecular weight excluding hydrogens is 315 g/mol. The zero-order valence-corrected chi connectivity index (χ0v) is 12.8. The minimum absolute atomic E-state index is 0.136. The number of benzene rings is 1. The molecule has 9 heteroatoms. The van der Waals surface area contributed by atoms with Gasteiger partial charge in [-0.15, -0.1) is 0 Å². The highest BCUT2D eigenvalue weighted by atomic mass is 32.2. The Morgan fingerprint density at radius 1 is 1.50 bits per heavy atom. The summed E-state index contributed by atoms with van der Waals surface area (Å²) in [5.74, 6) is -1.18. The smallest absolute Gasteiger partial charge is 0.414 e. The third-order valence-electron chi connectivity index (χ3n) is 3.08. The Morgan fingerprint density at radius 2 is 2.18 bits per heavy atom. The van der Waals surface area contributed by atoms with Gasteiger partial charge in [0.25, 0.3) is 0 Å². The van der Waals surface area contributed by atoms with E-state index >= 15 is 0 Å². The van der Waals surface area contributed by atoms with Crippen LogP contribution in [0.25, 0.3) is 0 Å². The van der Waals surface area contributed by atoms with Crippen molar-refractivity contribution in [3.05, 3.63) is 24.0 Å². The molecule has 1 N–H and O–H groups in total. The van der Waals surface area contributed by atoms with Gasteiger partial charge in [0, 0.05) is 13.2 Å². The molecule has 0 radical (unpaired) electrons. The molecular formula is C13H15FN2O5S. The summed E-state index contributed by atoms with van der Waals surface area (Å²) in [5.41, 5.74) is 0.195. The van der Waals surface area contributed by atoms with Gasteiger partial charge in [0.05, 0.1) is 18.8 Å². The number of carbonyl (C=O) groups excluding carboxylic acids is 2. The summed E-state index contributed by atoms with van der Waals surface area (Å²) in [6.07, 6.45) is -0.325. The minimum Gasteiger partial charge on any atom is -0.442 e. The number of rotatable bonds is 4. The van der Waals surface area contributed by atoms with Gasteiger partial charge in [-0.1, -0.05) is 0 Å². The number of hydrogen-bond acceptors (Lipinski definition) is 5. The molecule has 0 unspecified atom stereocenters. The number of ether oxygens (including phenoxy) is 1. The minimum atomic E-state index is -3.67. The maximum atomic E-state index is 13.9. The number of cyclic esters (lactones) is 1. The molecule has 1 aromatic rings. The van der Waals surface area contributed by atoms with Crippen LogP contribution in [0.4, 0.5) is 14.9 Å². The van der Waals surface area contributed by atoms with Crippen molar-refractivity contribution in [2.45, 2.75) is 17.9 Å². The summed E-state index contributed by atoms with van der Waals surface area (Å²) < 4.78 is 41.6. The average molecular weight is 330 g/mol. The Bertz CT molecular complexity index is 719. The first kappa shape index (κ1) is 16.2. The lowest BCUT2D eigenvalue weighted by Crippen LogP contribution is -2.33. The molecule has 0 saturated carbocycles. The highest BCUT2D eigenvalue weighted by molar-refractivity contribution is 7.90. The van der Waals surface area contributed by atoms with E-state index in [-0.39, 0.29) is 24.7 Å². The molecule has 1 aromatic carbocycles. The first-order chi connectivity index (χ1) is 10.2. The summed E-state index contributed by atoms with van der Waals surface area (Å²) >= 11 is 0. The molecule has 2 rings (SSSR count). The highest BCUT2D eigenvalue weighted by Gasteiger charge is 2.33. The highest BCUT2D eigenvalue weighted by Crippen LogP contribution is 2.25. The van der Waals surface area contributed by atoms with E-state index < -0.39 is 32.7 Å². The SMILES string of the molecule is CC(=O)NC[C@H]1CN(c2ccc(S(C)(=O)=O)c(F)c2)C(=O)O1. The Morgan fingerprint density at radius 3 is 2.73 bits per heavy atom. The summed E-state index contributed by atoms with van der Waals surface area (Å²) in [6.45, 7) is 1.63. The van der Waals surface area contributed by atoms with E-state index in [2.05, 4.69) is 5.32 Å². The molecule has 0 spiro atoms. The fourth-order valence-corrected chi connectivity index (χ4v) is 2.78. The van der Waals surface area contributed by atoms with Crippen molar-refractivity contribution in [1.82, 2.24) is 5.32 Å². The van der Waals surface area contributed by atoms with E-state index in [9.17, 15) is 22.4 Å². The molecule has 1 saturated heterocycles. The van der Waals surface area contributed by atoms with Crippen molar-refractivity contribution in [2.24, 2.45) is 0 Å². The average Bonchev–Trinajstić information content (AvgIpc) is 2.76. The predicted octanol–water partition coefficient (Wildman–Crippen LogP) is 0.690. The van der Waals surface area contributed by atoms with Crippen LogP contribution in [0.1, 0.15) is 6.92 Å². The monoisotopic (exact) mass is 330 g/mol. The Hall–Kier alpha value is -2.16. The second-order valence-corrected chi connectivity index (χ2v) is 6.92. The Labute approximate surface area is 127 Å². The van der Waals surface area contributed by atoms with Crippen LogP contribution in [0, 0.1) is 5.82 Å². The van der Waals surface area contributed by atoms with Crippen molar-refractivity contribution < 1.29 is 27.1 Å². The number of nitrogens with zero attached hydrogens (tertiary/aromatic N) is 1.